The largest absolute Gasteiger partial charge is 0.493 e. The quantitative estimate of drug-likeness (QED) is 0.496. The second-order valence-corrected chi connectivity index (χ2v) is 6.42. The van der Waals surface area contributed by atoms with Crippen molar-refractivity contribution in [3.8, 4) is 11.5 Å². The maximum atomic E-state index is 12.2. The number of ether oxygens (including phenoxy) is 2. The van der Waals surface area contributed by atoms with Gasteiger partial charge in [0.2, 0.25) is 5.91 Å². The van der Waals surface area contributed by atoms with Crippen LogP contribution in [0, 0.1) is 0 Å². The molecular weight excluding hydrogens is 412 g/mol. The minimum atomic E-state index is -0.254. The zero-order valence-electron chi connectivity index (χ0n) is 15.1. The highest BCUT2D eigenvalue weighted by Crippen LogP contribution is 2.27. The molecule has 142 valence electrons. The summed E-state index contributed by atoms with van der Waals surface area (Å²) in [4.78, 5) is 24.0. The fraction of sp³-hybridized carbons (Fsp3) is 0.200. The third-order valence-electron chi connectivity index (χ3n) is 3.65. The molecule has 2 amide bonds. The number of rotatable bonds is 8. The molecule has 7 heteroatoms. The zero-order chi connectivity index (χ0) is 19.6. The minimum absolute atomic E-state index is 0.224. The Morgan fingerprint density at radius 2 is 1.63 bits per heavy atom. The number of benzene rings is 2. The molecule has 0 aliphatic carbocycles. The number of nitrogens with one attached hydrogen (secondary N) is 2. The fourth-order valence-electron chi connectivity index (χ4n) is 2.25. The molecule has 0 unspecified atom stereocenters. The van der Waals surface area contributed by atoms with E-state index < -0.39 is 0 Å². The molecule has 0 atom stereocenters. The first kappa shape index (κ1) is 20.5. The lowest BCUT2D eigenvalue weighted by molar-refractivity contribution is -0.116. The van der Waals surface area contributed by atoms with Crippen LogP contribution >= 0.6 is 15.9 Å². The summed E-state index contributed by atoms with van der Waals surface area (Å²) in [7, 11) is 3.04. The van der Waals surface area contributed by atoms with Gasteiger partial charge in [-0.3, -0.25) is 9.59 Å². The van der Waals surface area contributed by atoms with E-state index in [9.17, 15) is 9.59 Å². The molecule has 0 aliphatic rings. The molecule has 0 saturated heterocycles. The molecule has 0 saturated carbocycles. The zero-order valence-corrected chi connectivity index (χ0v) is 16.7. The van der Waals surface area contributed by atoms with Gasteiger partial charge < -0.3 is 20.1 Å². The van der Waals surface area contributed by atoms with Crippen LogP contribution in [0.15, 0.2) is 53.0 Å². The summed E-state index contributed by atoms with van der Waals surface area (Å²) in [6.07, 6.45) is 3.18. The van der Waals surface area contributed by atoms with E-state index >= 15 is 0 Å². The Labute approximate surface area is 166 Å². The molecule has 2 rings (SSSR count). The van der Waals surface area contributed by atoms with Crippen LogP contribution in [0.2, 0.25) is 0 Å². The lowest BCUT2D eigenvalue weighted by atomic mass is 10.2. The van der Waals surface area contributed by atoms with E-state index in [-0.39, 0.29) is 11.8 Å². The number of carbonyl (C=O) groups is 2. The molecule has 0 bridgehead atoms. The first-order chi connectivity index (χ1) is 13.0. The summed E-state index contributed by atoms with van der Waals surface area (Å²) in [5, 5.41) is 5.46. The summed E-state index contributed by atoms with van der Waals surface area (Å²) >= 11 is 3.36. The molecular formula is C20H21BrN2O4. The molecule has 2 aromatic rings. The number of hydrogen-bond acceptors (Lipinski definition) is 4. The number of methoxy groups -OCH3 is 2. The molecule has 0 radical (unpaired) electrons. The lowest BCUT2D eigenvalue weighted by Gasteiger charge is -2.10. The molecule has 0 spiro atoms. The molecule has 2 aromatic carbocycles. The van der Waals surface area contributed by atoms with Crippen molar-refractivity contribution < 1.29 is 19.1 Å². The van der Waals surface area contributed by atoms with E-state index in [0.717, 1.165) is 10.0 Å². The van der Waals surface area contributed by atoms with Gasteiger partial charge in [-0.05, 0) is 42.0 Å². The van der Waals surface area contributed by atoms with Crippen LogP contribution in [-0.2, 0) is 4.79 Å². The number of hydrogen-bond donors (Lipinski definition) is 2. The predicted octanol–water partition coefficient (Wildman–Crippen LogP) is 3.03. The monoisotopic (exact) mass is 432 g/mol. The molecule has 2 N–H and O–H groups in total. The highest BCUT2D eigenvalue weighted by atomic mass is 79.9. The van der Waals surface area contributed by atoms with Crippen molar-refractivity contribution >= 4 is 33.8 Å². The third-order valence-corrected chi connectivity index (χ3v) is 4.18. The Morgan fingerprint density at radius 1 is 0.963 bits per heavy atom. The van der Waals surface area contributed by atoms with E-state index in [1.807, 2.05) is 24.3 Å². The van der Waals surface area contributed by atoms with Gasteiger partial charge in [-0.25, -0.2) is 0 Å². The van der Waals surface area contributed by atoms with Gasteiger partial charge in [0.15, 0.2) is 11.5 Å². The Hall–Kier alpha value is -2.80. The van der Waals surface area contributed by atoms with Gasteiger partial charge >= 0.3 is 0 Å². The normalized spacial score (nSPS) is 10.5. The predicted molar refractivity (Wildman–Crippen MR) is 108 cm³/mol. The van der Waals surface area contributed by atoms with Gasteiger partial charge in [0.25, 0.3) is 5.91 Å². The van der Waals surface area contributed by atoms with E-state index in [4.69, 9.17) is 9.47 Å². The van der Waals surface area contributed by atoms with Crippen molar-refractivity contribution in [1.82, 2.24) is 10.6 Å². The van der Waals surface area contributed by atoms with Crippen LogP contribution in [0.4, 0.5) is 0 Å². The van der Waals surface area contributed by atoms with Gasteiger partial charge in [-0.1, -0.05) is 28.1 Å². The SMILES string of the molecule is COc1ccc(C(=O)NCCNC(=O)/C=C/c2ccc(Br)cc2)cc1OC. The summed E-state index contributed by atoms with van der Waals surface area (Å²) in [6.45, 7) is 0.633. The number of amides is 2. The van der Waals surface area contributed by atoms with Crippen LogP contribution in [0.25, 0.3) is 6.08 Å². The van der Waals surface area contributed by atoms with Gasteiger partial charge in [-0.2, -0.15) is 0 Å². The first-order valence-electron chi connectivity index (χ1n) is 8.25. The van der Waals surface area contributed by atoms with Gasteiger partial charge in [0.1, 0.15) is 0 Å². The Bertz CT molecular complexity index is 819. The van der Waals surface area contributed by atoms with E-state index in [2.05, 4.69) is 26.6 Å². The van der Waals surface area contributed by atoms with Crippen molar-refractivity contribution in [2.45, 2.75) is 0 Å². The Kier molecular flexibility index (Phi) is 7.88. The Balaban J connectivity index is 1.76. The van der Waals surface area contributed by atoms with Crippen LogP contribution in [0.3, 0.4) is 0 Å². The number of carbonyl (C=O) groups excluding carboxylic acids is 2. The van der Waals surface area contributed by atoms with Gasteiger partial charge in [0.05, 0.1) is 14.2 Å². The molecule has 0 fully saturated rings. The Morgan fingerprint density at radius 3 is 2.30 bits per heavy atom. The summed E-state index contributed by atoms with van der Waals surface area (Å²) in [6, 6.07) is 12.5. The van der Waals surface area contributed by atoms with Crippen LogP contribution in [0.5, 0.6) is 11.5 Å². The lowest BCUT2D eigenvalue weighted by Crippen LogP contribution is -2.34. The maximum absolute atomic E-state index is 12.2. The molecule has 0 aliphatic heterocycles. The topological polar surface area (TPSA) is 76.7 Å². The highest BCUT2D eigenvalue weighted by Gasteiger charge is 2.10. The maximum Gasteiger partial charge on any atom is 0.251 e. The van der Waals surface area contributed by atoms with Crippen molar-refractivity contribution in [2.24, 2.45) is 0 Å². The standard InChI is InChI=1S/C20H21BrN2O4/c1-26-17-9-6-15(13-18(17)27-2)20(25)23-12-11-22-19(24)10-5-14-3-7-16(21)8-4-14/h3-10,13H,11-12H2,1-2H3,(H,22,24)(H,23,25)/b10-5+. The van der Waals surface area contributed by atoms with Crippen molar-refractivity contribution in [2.75, 3.05) is 27.3 Å². The first-order valence-corrected chi connectivity index (χ1v) is 9.04. The van der Waals surface area contributed by atoms with Crippen molar-refractivity contribution in [3.05, 3.63) is 64.1 Å². The highest BCUT2D eigenvalue weighted by molar-refractivity contribution is 9.10. The van der Waals surface area contributed by atoms with Crippen molar-refractivity contribution in [3.63, 3.8) is 0 Å². The fourth-order valence-corrected chi connectivity index (χ4v) is 2.51. The molecule has 0 heterocycles. The summed E-state index contributed by atoms with van der Waals surface area (Å²) < 4.78 is 11.3. The molecule has 27 heavy (non-hydrogen) atoms. The van der Waals surface area contributed by atoms with E-state index in [0.29, 0.717) is 30.2 Å². The van der Waals surface area contributed by atoms with Crippen LogP contribution in [0.1, 0.15) is 15.9 Å². The molecule has 0 aromatic heterocycles. The third kappa shape index (κ3) is 6.45. The van der Waals surface area contributed by atoms with Gasteiger partial charge in [0, 0.05) is 29.2 Å². The summed E-state index contributed by atoms with van der Waals surface area (Å²) in [5.74, 6) is 0.560. The summed E-state index contributed by atoms with van der Waals surface area (Å²) in [5.41, 5.74) is 1.38. The second kappa shape index (κ2) is 10.4. The average molecular weight is 433 g/mol. The van der Waals surface area contributed by atoms with Crippen molar-refractivity contribution in [1.29, 1.82) is 0 Å². The van der Waals surface area contributed by atoms with E-state index in [1.165, 1.54) is 20.3 Å². The van der Waals surface area contributed by atoms with E-state index in [1.54, 1.807) is 24.3 Å². The smallest absolute Gasteiger partial charge is 0.251 e. The van der Waals surface area contributed by atoms with Crippen LogP contribution < -0.4 is 20.1 Å². The average Bonchev–Trinajstić information content (AvgIpc) is 2.70. The second-order valence-electron chi connectivity index (χ2n) is 5.50. The number of halogens is 1. The minimum Gasteiger partial charge on any atom is -0.493 e. The van der Waals surface area contributed by atoms with Gasteiger partial charge in [-0.15, -0.1) is 0 Å². The molecule has 6 nitrogen and oxygen atoms in total. The van der Waals surface area contributed by atoms with Crippen LogP contribution in [-0.4, -0.2) is 39.1 Å².